The zero-order chi connectivity index (χ0) is 35.9. The van der Waals surface area contributed by atoms with Gasteiger partial charge in [0, 0.05) is 36.0 Å². The Morgan fingerprint density at radius 2 is 1.78 bits per heavy atom. The molecule has 3 N–H and O–H groups in total. The van der Waals surface area contributed by atoms with Gasteiger partial charge in [-0.05, 0) is 56.9 Å². The predicted octanol–water partition coefficient (Wildman–Crippen LogP) is 4.30. The summed E-state index contributed by atoms with van der Waals surface area (Å²) in [5, 5.41) is 27.6. The number of ether oxygens (including phenoxy) is 2. The van der Waals surface area contributed by atoms with Crippen LogP contribution in [0.4, 0.5) is 4.79 Å². The minimum atomic E-state index is -1.51. The van der Waals surface area contributed by atoms with Crippen LogP contribution in [0.15, 0.2) is 48.5 Å². The van der Waals surface area contributed by atoms with Crippen molar-refractivity contribution in [2.45, 2.75) is 83.6 Å². The maximum absolute atomic E-state index is 14.4. The molecule has 5 atom stereocenters. The fraction of sp³-hybridized carbons (Fsp3) is 0.500. The number of thiazole rings is 1. The third-order valence-corrected chi connectivity index (χ3v) is 9.40. The average Bonchev–Trinajstić information content (AvgIpc) is 3.47. The average molecular weight is 694 g/mol. The first-order chi connectivity index (χ1) is 23.0. The van der Waals surface area contributed by atoms with Crippen molar-refractivity contribution in [3.05, 3.63) is 48.5 Å². The Hall–Kier alpha value is -4.79. The van der Waals surface area contributed by atoms with E-state index < -0.39 is 64.5 Å². The van der Waals surface area contributed by atoms with Crippen molar-refractivity contribution in [2.24, 2.45) is 11.3 Å². The molecule has 1 aliphatic carbocycles. The number of hydrogen-bond acceptors (Lipinski definition) is 10. The second-order valence-corrected chi connectivity index (χ2v) is 15.3. The van der Waals surface area contributed by atoms with Gasteiger partial charge in [-0.25, -0.2) is 14.6 Å². The lowest BCUT2D eigenvalue weighted by Gasteiger charge is -2.36. The lowest BCUT2D eigenvalue weighted by atomic mass is 9.85. The molecule has 0 spiro atoms. The van der Waals surface area contributed by atoms with Gasteiger partial charge in [-0.3, -0.25) is 9.59 Å². The molecule has 0 radical (unpaired) electrons. The number of amides is 3. The number of aromatic nitrogens is 4. The number of methoxy groups -OCH3 is 1. The molecule has 3 aromatic rings. The Kier molecular flexibility index (Phi) is 9.61. The maximum Gasteiger partial charge on any atom is 0.408 e. The number of rotatable bonds is 10. The second-order valence-electron chi connectivity index (χ2n) is 14.4. The maximum atomic E-state index is 14.4. The zero-order valence-electron chi connectivity index (χ0n) is 28.7. The highest BCUT2D eigenvalue weighted by atomic mass is 32.1. The molecule has 2 fully saturated rings. The van der Waals surface area contributed by atoms with Crippen molar-refractivity contribution in [1.29, 1.82) is 0 Å². The molecule has 5 rings (SSSR count). The third-order valence-electron chi connectivity index (χ3n) is 8.62. The van der Waals surface area contributed by atoms with Gasteiger partial charge in [0.25, 0.3) is 0 Å². The van der Waals surface area contributed by atoms with E-state index in [4.69, 9.17) is 19.7 Å². The molecule has 1 saturated heterocycles. The smallest absolute Gasteiger partial charge is 0.408 e. The standard InChI is InChI=1S/C34H43N7O7S/c1-9-20-17-34(20,30(44)45)37-27(42)23-16-21(18-40(23)29(43)26(32(2,3)4)36-31(46)48-33(5,6)7)41-38-24(19-10-12-22(47-8)13-11-19)25(39-41)28-35-14-15-49-28/h9-15,20-21,23,26H,1,16-18H2,2-8H3,(H,36,46)(H,37,42)(H,44,45). The van der Waals surface area contributed by atoms with Crippen LogP contribution < -0.4 is 15.4 Å². The first kappa shape index (κ1) is 35.5. The van der Waals surface area contributed by atoms with Crippen LogP contribution in [-0.2, 0) is 19.1 Å². The number of likely N-dealkylation sites (tertiary alicyclic amines) is 1. The molecule has 262 valence electrons. The summed E-state index contributed by atoms with van der Waals surface area (Å²) in [7, 11) is 1.58. The number of aliphatic carboxylic acids is 1. The van der Waals surface area contributed by atoms with E-state index in [1.807, 2.05) is 29.6 Å². The Balaban J connectivity index is 1.52. The van der Waals surface area contributed by atoms with Crippen LogP contribution in [0.3, 0.4) is 0 Å². The molecular formula is C34H43N7O7S. The number of carbonyl (C=O) groups excluding carboxylic acids is 3. The topological polar surface area (TPSA) is 178 Å². The first-order valence-corrected chi connectivity index (χ1v) is 16.8. The molecule has 1 aromatic carbocycles. The largest absolute Gasteiger partial charge is 0.497 e. The van der Waals surface area contributed by atoms with Crippen LogP contribution in [0.5, 0.6) is 5.75 Å². The minimum absolute atomic E-state index is 0.0124. The summed E-state index contributed by atoms with van der Waals surface area (Å²) < 4.78 is 10.8. The second kappa shape index (κ2) is 13.3. The molecule has 2 aliphatic rings. The van der Waals surface area contributed by atoms with Crippen molar-refractivity contribution < 1.29 is 33.8 Å². The molecule has 0 bridgehead atoms. The molecule has 14 nitrogen and oxygen atoms in total. The monoisotopic (exact) mass is 693 g/mol. The Labute approximate surface area is 288 Å². The van der Waals surface area contributed by atoms with Gasteiger partial charge in [0.15, 0.2) is 0 Å². The molecule has 1 saturated carbocycles. The molecule has 3 amide bonds. The van der Waals surface area contributed by atoms with Crippen molar-refractivity contribution in [2.75, 3.05) is 13.7 Å². The molecule has 3 heterocycles. The minimum Gasteiger partial charge on any atom is -0.497 e. The summed E-state index contributed by atoms with van der Waals surface area (Å²) >= 11 is 1.40. The zero-order valence-corrected chi connectivity index (χ0v) is 29.5. The van der Waals surface area contributed by atoms with Gasteiger partial charge >= 0.3 is 12.1 Å². The predicted molar refractivity (Wildman–Crippen MR) is 182 cm³/mol. The van der Waals surface area contributed by atoms with Gasteiger partial charge in [0.05, 0.1) is 13.2 Å². The van der Waals surface area contributed by atoms with Crippen molar-refractivity contribution in [3.8, 4) is 27.7 Å². The molecule has 2 aromatic heterocycles. The molecule has 5 unspecified atom stereocenters. The van der Waals surface area contributed by atoms with Gasteiger partial charge in [-0.1, -0.05) is 26.8 Å². The van der Waals surface area contributed by atoms with E-state index in [1.165, 1.54) is 27.1 Å². The van der Waals surface area contributed by atoms with Gasteiger partial charge in [0.1, 0.15) is 45.4 Å². The SMILES string of the molecule is C=CC1CC1(NC(=O)C1CC(n2nc(-c3ccc(OC)cc3)c(-c3nccs3)n2)CN1C(=O)C(NC(=O)OC(C)(C)C)C(C)(C)C)C(=O)O. The Morgan fingerprint density at radius 1 is 1.10 bits per heavy atom. The molecular weight excluding hydrogens is 650 g/mol. The summed E-state index contributed by atoms with van der Waals surface area (Å²) in [6, 6.07) is 4.58. The fourth-order valence-corrected chi connectivity index (χ4v) is 6.57. The highest BCUT2D eigenvalue weighted by molar-refractivity contribution is 7.13. The summed E-state index contributed by atoms with van der Waals surface area (Å²) in [4.78, 5) is 60.9. The summed E-state index contributed by atoms with van der Waals surface area (Å²) in [5.74, 6) is -2.11. The Bertz CT molecular complexity index is 1730. The van der Waals surface area contributed by atoms with E-state index in [2.05, 4.69) is 22.2 Å². The van der Waals surface area contributed by atoms with Gasteiger partial charge in [-0.2, -0.15) is 9.90 Å². The molecule has 1 aliphatic heterocycles. The first-order valence-electron chi connectivity index (χ1n) is 16.0. The number of nitrogens with zero attached hydrogens (tertiary/aromatic N) is 5. The van der Waals surface area contributed by atoms with E-state index in [9.17, 15) is 24.3 Å². The van der Waals surface area contributed by atoms with Crippen LogP contribution in [0.25, 0.3) is 22.0 Å². The normalized spacial score (nSPS) is 22.6. The highest BCUT2D eigenvalue weighted by Gasteiger charge is 2.61. The van der Waals surface area contributed by atoms with Crippen LogP contribution in [0, 0.1) is 11.3 Å². The number of carboxylic acid groups (broad SMARTS) is 1. The van der Waals surface area contributed by atoms with Crippen LogP contribution in [0.2, 0.25) is 0 Å². The number of hydrogen-bond donors (Lipinski definition) is 3. The van der Waals surface area contributed by atoms with Crippen LogP contribution >= 0.6 is 11.3 Å². The number of benzene rings is 1. The van der Waals surface area contributed by atoms with Gasteiger partial charge in [0.2, 0.25) is 11.8 Å². The molecule has 15 heteroatoms. The number of carboxylic acids is 1. The summed E-state index contributed by atoms with van der Waals surface area (Å²) in [6.45, 7) is 14.3. The third kappa shape index (κ3) is 7.46. The van der Waals surface area contributed by atoms with Gasteiger partial charge in [-0.15, -0.1) is 23.0 Å². The quantitative estimate of drug-likeness (QED) is 0.259. The summed E-state index contributed by atoms with van der Waals surface area (Å²) in [6.07, 6.45) is 2.67. The van der Waals surface area contributed by atoms with Crippen molar-refractivity contribution in [1.82, 2.24) is 35.5 Å². The van der Waals surface area contributed by atoms with Crippen molar-refractivity contribution in [3.63, 3.8) is 0 Å². The number of nitrogens with one attached hydrogen (secondary N) is 2. The fourth-order valence-electron chi connectivity index (χ4n) is 5.94. The van der Waals surface area contributed by atoms with Crippen LogP contribution in [0.1, 0.15) is 60.4 Å². The lowest BCUT2D eigenvalue weighted by Crippen LogP contribution is -2.59. The van der Waals surface area contributed by atoms with E-state index >= 15 is 0 Å². The Morgan fingerprint density at radius 3 is 2.31 bits per heavy atom. The van der Waals surface area contributed by atoms with E-state index in [0.717, 1.165) is 5.56 Å². The molecule has 49 heavy (non-hydrogen) atoms. The van der Waals surface area contributed by atoms with Gasteiger partial charge < -0.3 is 30.1 Å². The van der Waals surface area contributed by atoms with E-state index in [1.54, 1.807) is 54.8 Å². The van der Waals surface area contributed by atoms with Crippen molar-refractivity contribution >= 4 is 35.2 Å². The van der Waals surface area contributed by atoms with E-state index in [0.29, 0.717) is 22.1 Å². The highest BCUT2D eigenvalue weighted by Crippen LogP contribution is 2.45. The lowest BCUT2D eigenvalue weighted by molar-refractivity contribution is -0.146. The number of carbonyl (C=O) groups is 4. The number of alkyl carbamates (subject to hydrolysis) is 1. The van der Waals surface area contributed by atoms with Crippen LogP contribution in [-0.4, -0.2) is 90.7 Å². The summed E-state index contributed by atoms with van der Waals surface area (Å²) in [5.41, 5.74) is -1.26. The van der Waals surface area contributed by atoms with E-state index in [-0.39, 0.29) is 19.4 Å².